The van der Waals surface area contributed by atoms with Gasteiger partial charge in [0.05, 0.1) is 0 Å². The fourth-order valence-electron chi connectivity index (χ4n) is 4.59. The molecule has 0 aromatic heterocycles. The van der Waals surface area contributed by atoms with E-state index in [9.17, 15) is 0 Å². The molecule has 176 valence electrons. The smallest absolute Gasteiger partial charge is 1.00 e. The molecule has 0 radical (unpaired) electrons. The summed E-state index contributed by atoms with van der Waals surface area (Å²) in [7, 11) is 0. The second-order valence-electron chi connectivity index (χ2n) is 8.25. The fraction of sp³-hybridized carbons (Fsp3) is 0.0667. The summed E-state index contributed by atoms with van der Waals surface area (Å²) in [5, 5.41) is 0. The summed E-state index contributed by atoms with van der Waals surface area (Å²) < 4.78 is 2.28. The number of fused-ring (bicyclic) bond motifs is 3. The fourth-order valence-corrected chi connectivity index (χ4v) is 6.59. The first-order valence-electron chi connectivity index (χ1n) is 10.8. The Bertz CT molecular complexity index is 1420. The van der Waals surface area contributed by atoms with E-state index in [0.29, 0.717) is 5.92 Å². The summed E-state index contributed by atoms with van der Waals surface area (Å²) in [5.74, 6) is 0.586. The molecule has 2 heterocycles. The molecule has 2 unspecified atom stereocenters. The van der Waals surface area contributed by atoms with Crippen molar-refractivity contribution in [3.63, 3.8) is 0 Å². The van der Waals surface area contributed by atoms with Crippen LogP contribution >= 0.6 is 43.6 Å². The summed E-state index contributed by atoms with van der Waals surface area (Å²) in [5.41, 5.74) is 7.95. The average Bonchev–Trinajstić information content (AvgIpc) is 3.46. The molecule has 0 saturated carbocycles. The van der Waals surface area contributed by atoms with Crippen molar-refractivity contribution < 1.29 is 51.0 Å². The monoisotopic (exact) mass is 728 g/mol. The Morgan fingerprint density at radius 3 is 2.03 bits per heavy atom. The van der Waals surface area contributed by atoms with E-state index < -0.39 is 0 Å². The first-order chi connectivity index (χ1) is 16.2. The Labute approximate surface area is 265 Å². The largest absolute Gasteiger partial charge is 4.00 e. The molecule has 6 heteroatoms. The van der Waals surface area contributed by atoms with Crippen LogP contribution in [-0.2, 0) is 26.2 Å². The molecule has 4 aromatic rings. The van der Waals surface area contributed by atoms with Gasteiger partial charge in [0, 0.05) is 13.8 Å². The number of allylic oxidation sites excluding steroid dienone is 2. The van der Waals surface area contributed by atoms with Gasteiger partial charge in [-0.3, -0.25) is 12.2 Å². The van der Waals surface area contributed by atoms with Gasteiger partial charge in [0.1, 0.15) is 0 Å². The van der Waals surface area contributed by atoms with Crippen LogP contribution in [0.3, 0.4) is 0 Å². The van der Waals surface area contributed by atoms with Gasteiger partial charge in [-0.15, -0.1) is 29.0 Å². The molecule has 8 rings (SSSR count). The molecule has 2 aliphatic carbocycles. The normalized spacial score (nSPS) is 16.7. The van der Waals surface area contributed by atoms with Crippen molar-refractivity contribution in [2.24, 2.45) is 0 Å². The van der Waals surface area contributed by atoms with Crippen LogP contribution in [0.1, 0.15) is 45.2 Å². The molecule has 4 aromatic carbocycles. The van der Waals surface area contributed by atoms with E-state index in [-0.39, 0.29) is 56.9 Å². The van der Waals surface area contributed by atoms with Crippen molar-refractivity contribution in [2.75, 3.05) is 0 Å². The van der Waals surface area contributed by atoms with Crippen LogP contribution in [0.25, 0.3) is 12.2 Å². The maximum Gasteiger partial charge on any atom is 4.00 e. The summed E-state index contributed by atoms with van der Waals surface area (Å²) in [6, 6.07) is 30.2. The van der Waals surface area contributed by atoms with Crippen molar-refractivity contribution in [2.45, 2.75) is 21.6 Å². The zero-order valence-electron chi connectivity index (χ0n) is 18.8. The molecule has 2 atom stereocenters. The van der Waals surface area contributed by atoms with Crippen LogP contribution in [-0.4, -0.2) is 0 Å². The van der Waals surface area contributed by atoms with Crippen molar-refractivity contribution in [3.8, 4) is 0 Å². The Balaban J connectivity index is 0.000000185. The van der Waals surface area contributed by atoms with Crippen LogP contribution in [0.4, 0.5) is 0 Å². The van der Waals surface area contributed by atoms with Gasteiger partial charge in [-0.05, 0) is 12.1 Å². The van der Waals surface area contributed by atoms with E-state index in [2.05, 4.69) is 135 Å². The standard InChI is InChI=1S/C15H8BrS.C15H10Br.2ClH.Zr/c16-10-7-14-12-5-6-13(14)15(8-10)17-11-3-1-9(12)2-4-11;16-13-8-6-12-7-9-14(15(12)10-13)11-4-2-1-3-5-11;;;/h1-4,6-8,12H;1-8,10,14H;2*1H;/q2*-1;;;+4/p-2. The average molecular weight is 732 g/mol. The van der Waals surface area contributed by atoms with Crippen LogP contribution < -0.4 is 24.8 Å². The van der Waals surface area contributed by atoms with E-state index in [1.54, 1.807) is 0 Å². The van der Waals surface area contributed by atoms with Gasteiger partial charge in [-0.1, -0.05) is 126 Å². The SMILES string of the molecule is Brc1cc2c3c(c1)C([C-]=C3)c1ccc(cc1)S2.Brc1ccc2c(c1)C(c1ccccc1)[C-]=C2.[Cl-].[Cl-].[Zr+4]. The minimum Gasteiger partial charge on any atom is -1.00 e. The summed E-state index contributed by atoms with van der Waals surface area (Å²) >= 11 is 8.96. The number of benzene rings is 4. The van der Waals surface area contributed by atoms with Gasteiger partial charge in [0.2, 0.25) is 0 Å². The van der Waals surface area contributed by atoms with Gasteiger partial charge in [0.25, 0.3) is 0 Å². The first kappa shape index (κ1) is 29.7. The summed E-state index contributed by atoms with van der Waals surface area (Å²) in [6.45, 7) is 0. The van der Waals surface area contributed by atoms with Crippen molar-refractivity contribution in [1.29, 1.82) is 0 Å². The quantitative estimate of drug-likeness (QED) is 0.271. The summed E-state index contributed by atoms with van der Waals surface area (Å²) in [6.07, 6.45) is 11.1. The molecule has 0 fully saturated rings. The van der Waals surface area contributed by atoms with Crippen LogP contribution in [0.15, 0.2) is 104 Å². The van der Waals surface area contributed by atoms with Crippen LogP contribution in [0.2, 0.25) is 0 Å². The van der Waals surface area contributed by atoms with Crippen molar-refractivity contribution in [1.82, 2.24) is 0 Å². The first-order valence-corrected chi connectivity index (χ1v) is 13.2. The molecule has 0 saturated heterocycles. The second kappa shape index (κ2) is 12.8. The van der Waals surface area contributed by atoms with Crippen LogP contribution in [0.5, 0.6) is 0 Å². The predicted molar refractivity (Wildman–Crippen MR) is 144 cm³/mol. The maximum atomic E-state index is 3.61. The van der Waals surface area contributed by atoms with E-state index in [0.717, 1.165) is 8.95 Å². The van der Waals surface area contributed by atoms with Crippen molar-refractivity contribution >= 4 is 55.8 Å². The summed E-state index contributed by atoms with van der Waals surface area (Å²) in [4.78, 5) is 2.62. The minimum atomic E-state index is 0. The zero-order valence-corrected chi connectivity index (χ0v) is 26.8. The topological polar surface area (TPSA) is 0 Å². The molecule has 0 spiro atoms. The number of rotatable bonds is 1. The molecule has 0 nitrogen and oxygen atoms in total. The zero-order chi connectivity index (χ0) is 22.4. The number of hydrogen-bond acceptors (Lipinski definition) is 1. The van der Waals surface area contributed by atoms with Crippen molar-refractivity contribution in [3.05, 3.63) is 139 Å². The maximum absolute atomic E-state index is 3.61. The third-order valence-electron chi connectivity index (χ3n) is 6.18. The minimum absolute atomic E-state index is 0. The van der Waals surface area contributed by atoms with Crippen LogP contribution in [0, 0.1) is 12.2 Å². The number of hydrogen-bond donors (Lipinski definition) is 0. The molecule has 6 bridgehead atoms. The van der Waals surface area contributed by atoms with Gasteiger partial charge in [-0.2, -0.15) is 11.1 Å². The Morgan fingerprint density at radius 2 is 1.28 bits per heavy atom. The van der Waals surface area contributed by atoms with E-state index in [4.69, 9.17) is 0 Å². The predicted octanol–water partition coefficient (Wildman–Crippen LogP) is 3.29. The molecular formula is C30H18Br2Cl2SZr. The Morgan fingerprint density at radius 1 is 0.639 bits per heavy atom. The van der Waals surface area contributed by atoms with Gasteiger partial charge in [0.15, 0.2) is 0 Å². The molecule has 0 N–H and O–H groups in total. The number of halogens is 4. The Hall–Kier alpha value is -0.867. The van der Waals surface area contributed by atoms with Gasteiger partial charge < -0.3 is 24.8 Å². The molecule has 36 heavy (non-hydrogen) atoms. The van der Waals surface area contributed by atoms with E-state index in [1.807, 2.05) is 17.8 Å². The third kappa shape index (κ3) is 5.90. The molecule has 2 aliphatic heterocycles. The van der Waals surface area contributed by atoms with Gasteiger partial charge >= 0.3 is 26.2 Å². The molecular weight excluding hydrogens is 714 g/mol. The van der Waals surface area contributed by atoms with E-state index in [1.165, 1.54) is 43.2 Å². The molecule has 4 aliphatic rings. The van der Waals surface area contributed by atoms with E-state index >= 15 is 0 Å². The molecule has 0 amide bonds. The Kier molecular flexibility index (Phi) is 10.5. The third-order valence-corrected chi connectivity index (χ3v) is 8.20. The second-order valence-corrected chi connectivity index (χ2v) is 11.2. The van der Waals surface area contributed by atoms with Gasteiger partial charge in [-0.25, -0.2) is 12.2 Å².